The Labute approximate surface area is 126 Å². The minimum atomic E-state index is -0.126. The van der Waals surface area contributed by atoms with Gasteiger partial charge in [0.1, 0.15) is 0 Å². The summed E-state index contributed by atoms with van der Waals surface area (Å²) in [5.41, 5.74) is 6.22. The lowest BCUT2D eigenvalue weighted by atomic mass is 10.1. The molecule has 0 aliphatic rings. The summed E-state index contributed by atoms with van der Waals surface area (Å²) in [6.07, 6.45) is 1.67. The summed E-state index contributed by atoms with van der Waals surface area (Å²) >= 11 is 0. The molecule has 1 rings (SSSR count). The summed E-state index contributed by atoms with van der Waals surface area (Å²) in [7, 11) is 0. The molecule has 3 N–H and O–H groups in total. The summed E-state index contributed by atoms with van der Waals surface area (Å²) < 4.78 is 11.2. The molecule has 0 aromatic heterocycles. The van der Waals surface area contributed by atoms with Crippen LogP contribution in [0.1, 0.15) is 44.0 Å². The van der Waals surface area contributed by atoms with E-state index in [1.165, 1.54) is 0 Å². The van der Waals surface area contributed by atoms with Crippen LogP contribution in [0, 0.1) is 0 Å². The highest BCUT2D eigenvalue weighted by Crippen LogP contribution is 2.28. The van der Waals surface area contributed by atoms with Crippen molar-refractivity contribution in [3.63, 3.8) is 0 Å². The van der Waals surface area contributed by atoms with Crippen molar-refractivity contribution in [1.82, 2.24) is 5.32 Å². The number of rotatable bonds is 9. The number of hydrogen-bond acceptors (Lipinski definition) is 4. The maximum absolute atomic E-state index is 12.1. The van der Waals surface area contributed by atoms with Crippen LogP contribution in [0.2, 0.25) is 0 Å². The lowest BCUT2D eigenvalue weighted by Gasteiger charge is -2.13. The average Bonchev–Trinajstić information content (AvgIpc) is 2.45. The second-order valence-corrected chi connectivity index (χ2v) is 4.96. The minimum absolute atomic E-state index is 0.0779. The first-order chi connectivity index (χ1) is 10.1. The maximum atomic E-state index is 12.1. The fourth-order valence-corrected chi connectivity index (χ4v) is 1.76. The molecular formula is C16H26N2O3. The van der Waals surface area contributed by atoms with Crippen LogP contribution >= 0.6 is 0 Å². The van der Waals surface area contributed by atoms with Crippen LogP contribution in [0.25, 0.3) is 0 Å². The molecule has 0 bridgehead atoms. The Bertz CT molecular complexity index is 447. The molecule has 118 valence electrons. The molecule has 0 aliphatic carbocycles. The average molecular weight is 294 g/mol. The smallest absolute Gasteiger partial charge is 0.251 e. The molecule has 1 atom stereocenters. The Morgan fingerprint density at radius 1 is 1.29 bits per heavy atom. The van der Waals surface area contributed by atoms with Gasteiger partial charge in [-0.2, -0.15) is 0 Å². The van der Waals surface area contributed by atoms with Gasteiger partial charge in [0.2, 0.25) is 0 Å². The van der Waals surface area contributed by atoms with Gasteiger partial charge in [-0.05, 0) is 44.9 Å². The lowest BCUT2D eigenvalue weighted by molar-refractivity contribution is 0.0952. The van der Waals surface area contributed by atoms with E-state index in [4.69, 9.17) is 15.2 Å². The molecule has 1 aromatic rings. The van der Waals surface area contributed by atoms with E-state index in [0.29, 0.717) is 36.8 Å². The van der Waals surface area contributed by atoms with E-state index in [-0.39, 0.29) is 11.9 Å². The zero-order chi connectivity index (χ0) is 15.7. The Kier molecular flexibility index (Phi) is 7.61. The zero-order valence-corrected chi connectivity index (χ0v) is 13.1. The van der Waals surface area contributed by atoms with Crippen molar-refractivity contribution in [1.29, 1.82) is 0 Å². The fourth-order valence-electron chi connectivity index (χ4n) is 1.76. The van der Waals surface area contributed by atoms with Crippen molar-refractivity contribution in [3.05, 3.63) is 23.8 Å². The second-order valence-electron chi connectivity index (χ2n) is 4.96. The number of carbonyl (C=O) groups is 1. The number of carbonyl (C=O) groups excluding carboxylic acids is 1. The van der Waals surface area contributed by atoms with Crippen LogP contribution in [-0.2, 0) is 0 Å². The molecule has 1 unspecified atom stereocenters. The fraction of sp³-hybridized carbons (Fsp3) is 0.562. The summed E-state index contributed by atoms with van der Waals surface area (Å²) in [4.78, 5) is 12.1. The Hall–Kier alpha value is -1.75. The first kappa shape index (κ1) is 17.3. The highest BCUT2D eigenvalue weighted by Gasteiger charge is 2.11. The maximum Gasteiger partial charge on any atom is 0.251 e. The van der Waals surface area contributed by atoms with E-state index in [1.54, 1.807) is 18.2 Å². The zero-order valence-electron chi connectivity index (χ0n) is 13.1. The Morgan fingerprint density at radius 2 is 2.05 bits per heavy atom. The van der Waals surface area contributed by atoms with Crippen LogP contribution < -0.4 is 20.5 Å². The van der Waals surface area contributed by atoms with Gasteiger partial charge < -0.3 is 20.5 Å². The number of ether oxygens (including phenoxy) is 2. The van der Waals surface area contributed by atoms with Gasteiger partial charge in [0.25, 0.3) is 5.91 Å². The highest BCUT2D eigenvalue weighted by molar-refractivity contribution is 5.94. The molecule has 0 aliphatic heterocycles. The molecule has 5 nitrogen and oxygen atoms in total. The van der Waals surface area contributed by atoms with Gasteiger partial charge in [0, 0.05) is 18.2 Å². The molecule has 0 radical (unpaired) electrons. The van der Waals surface area contributed by atoms with Crippen molar-refractivity contribution in [2.45, 2.75) is 39.7 Å². The Morgan fingerprint density at radius 3 is 2.67 bits per heavy atom. The van der Waals surface area contributed by atoms with Gasteiger partial charge in [-0.25, -0.2) is 0 Å². The van der Waals surface area contributed by atoms with Crippen molar-refractivity contribution >= 4 is 5.91 Å². The Balaban J connectivity index is 2.74. The van der Waals surface area contributed by atoms with Crippen molar-refractivity contribution in [2.75, 3.05) is 19.8 Å². The van der Waals surface area contributed by atoms with Gasteiger partial charge in [0.15, 0.2) is 11.5 Å². The molecular weight excluding hydrogens is 268 g/mol. The number of nitrogens with two attached hydrogens (primary N) is 1. The predicted molar refractivity (Wildman–Crippen MR) is 84.0 cm³/mol. The van der Waals surface area contributed by atoms with Crippen LogP contribution in [0.5, 0.6) is 11.5 Å². The van der Waals surface area contributed by atoms with E-state index in [2.05, 4.69) is 5.32 Å². The van der Waals surface area contributed by atoms with Gasteiger partial charge in [-0.3, -0.25) is 4.79 Å². The number of hydrogen-bond donors (Lipinski definition) is 2. The lowest BCUT2D eigenvalue weighted by Crippen LogP contribution is -2.28. The van der Waals surface area contributed by atoms with Gasteiger partial charge in [-0.1, -0.05) is 6.92 Å². The molecule has 0 saturated carbocycles. The molecule has 0 saturated heterocycles. The second kappa shape index (κ2) is 9.23. The molecule has 0 spiro atoms. The van der Waals surface area contributed by atoms with Crippen LogP contribution in [-0.4, -0.2) is 31.7 Å². The highest BCUT2D eigenvalue weighted by atomic mass is 16.5. The van der Waals surface area contributed by atoms with Crippen LogP contribution in [0.4, 0.5) is 0 Å². The molecule has 1 aromatic carbocycles. The minimum Gasteiger partial charge on any atom is -0.490 e. The molecule has 5 heteroatoms. The normalized spacial score (nSPS) is 11.8. The van der Waals surface area contributed by atoms with E-state index in [0.717, 1.165) is 12.8 Å². The van der Waals surface area contributed by atoms with E-state index in [9.17, 15) is 4.79 Å². The van der Waals surface area contributed by atoms with Crippen molar-refractivity contribution < 1.29 is 14.3 Å². The van der Waals surface area contributed by atoms with Crippen LogP contribution in [0.3, 0.4) is 0 Å². The molecule has 21 heavy (non-hydrogen) atoms. The largest absolute Gasteiger partial charge is 0.490 e. The van der Waals surface area contributed by atoms with Crippen LogP contribution in [0.15, 0.2) is 18.2 Å². The van der Waals surface area contributed by atoms with E-state index >= 15 is 0 Å². The SMILES string of the molecule is CCCOc1ccc(C(=O)NCCC(C)N)cc1OCC. The quantitative estimate of drug-likeness (QED) is 0.733. The van der Waals surface area contributed by atoms with Crippen molar-refractivity contribution in [3.8, 4) is 11.5 Å². The summed E-state index contributed by atoms with van der Waals surface area (Å²) in [6, 6.07) is 5.32. The summed E-state index contributed by atoms with van der Waals surface area (Å²) in [5, 5.41) is 2.85. The van der Waals surface area contributed by atoms with Gasteiger partial charge >= 0.3 is 0 Å². The molecule has 0 fully saturated rings. The predicted octanol–water partition coefficient (Wildman–Crippen LogP) is 2.34. The first-order valence-electron chi connectivity index (χ1n) is 7.51. The third-order valence-electron chi connectivity index (χ3n) is 2.85. The van der Waals surface area contributed by atoms with Gasteiger partial charge in [0.05, 0.1) is 13.2 Å². The standard InChI is InChI=1S/C16H26N2O3/c1-4-10-21-14-7-6-13(11-15(14)20-5-2)16(19)18-9-8-12(3)17/h6-7,11-12H,4-5,8-10,17H2,1-3H3,(H,18,19). The monoisotopic (exact) mass is 294 g/mol. The first-order valence-corrected chi connectivity index (χ1v) is 7.51. The number of amides is 1. The summed E-state index contributed by atoms with van der Waals surface area (Å²) in [5.74, 6) is 1.15. The molecule has 1 amide bonds. The summed E-state index contributed by atoms with van der Waals surface area (Å²) in [6.45, 7) is 7.58. The van der Waals surface area contributed by atoms with Crippen molar-refractivity contribution in [2.24, 2.45) is 5.73 Å². The number of benzene rings is 1. The third-order valence-corrected chi connectivity index (χ3v) is 2.85. The van der Waals surface area contributed by atoms with Gasteiger partial charge in [-0.15, -0.1) is 0 Å². The van der Waals surface area contributed by atoms with E-state index in [1.807, 2.05) is 20.8 Å². The number of nitrogens with one attached hydrogen (secondary N) is 1. The topological polar surface area (TPSA) is 73.6 Å². The molecule has 0 heterocycles. The third kappa shape index (κ3) is 6.04. The van der Waals surface area contributed by atoms with E-state index < -0.39 is 0 Å².